The van der Waals surface area contributed by atoms with Gasteiger partial charge in [0.15, 0.2) is 6.10 Å². The van der Waals surface area contributed by atoms with E-state index in [1.165, 1.54) is 109 Å². The number of aliphatic hydroxyl groups excluding tert-OH is 2. The minimum atomic E-state index is -4.92. The van der Waals surface area contributed by atoms with E-state index in [1.807, 2.05) is 0 Å². The number of phosphoric acid groups is 2. The molecule has 16 nitrogen and oxygen atoms in total. The number of carbonyl (C=O) groups excluding carboxylic acids is 3. The van der Waals surface area contributed by atoms with Gasteiger partial charge in [0.05, 0.1) is 26.4 Å². The van der Waals surface area contributed by atoms with Crippen LogP contribution in [0.25, 0.3) is 0 Å². The average Bonchev–Trinajstić information content (AvgIpc) is 3.52. The second kappa shape index (κ2) is 61.5. The topological polar surface area (TPSA) is 231 Å². The number of aliphatic hydroxyl groups is 2. The highest BCUT2D eigenvalue weighted by Crippen LogP contribution is 2.45. The van der Waals surface area contributed by atoms with Crippen molar-refractivity contribution in [1.82, 2.24) is 0 Å². The molecule has 0 aliphatic carbocycles. The van der Waals surface area contributed by atoms with Crippen LogP contribution in [0.1, 0.15) is 290 Å². The Morgan fingerprint density at radius 1 is 0.329 bits per heavy atom. The third kappa shape index (κ3) is 62.7. The minimum Gasteiger partial charge on any atom is -0.463 e. The first-order valence-electron chi connectivity index (χ1n) is 33.6. The summed E-state index contributed by atoms with van der Waals surface area (Å²) < 4.78 is 60.8. The molecule has 0 fully saturated rings. The Labute approximate surface area is 516 Å². The van der Waals surface area contributed by atoms with Crippen LogP contribution in [0.2, 0.25) is 0 Å². The van der Waals surface area contributed by atoms with E-state index in [9.17, 15) is 43.5 Å². The largest absolute Gasteiger partial charge is 0.472 e. The van der Waals surface area contributed by atoms with Gasteiger partial charge in [-0.15, -0.1) is 0 Å². The maximum Gasteiger partial charge on any atom is 0.472 e. The van der Waals surface area contributed by atoms with Crippen LogP contribution in [0.15, 0.2) is 60.8 Å². The van der Waals surface area contributed by atoms with Crippen molar-refractivity contribution in [3.63, 3.8) is 0 Å². The van der Waals surface area contributed by atoms with Gasteiger partial charge in [-0.05, 0) is 89.9 Å². The van der Waals surface area contributed by atoms with Gasteiger partial charge in [-0.3, -0.25) is 32.5 Å². The Hall–Kier alpha value is -2.75. The van der Waals surface area contributed by atoms with Crippen LogP contribution < -0.4 is 0 Å². The number of rotatable bonds is 64. The van der Waals surface area contributed by atoms with E-state index in [0.717, 1.165) is 122 Å². The van der Waals surface area contributed by atoms with Crippen molar-refractivity contribution in [2.75, 3.05) is 39.6 Å². The lowest BCUT2D eigenvalue weighted by atomic mass is 10.0. The highest BCUT2D eigenvalue weighted by molar-refractivity contribution is 7.47. The zero-order valence-corrected chi connectivity index (χ0v) is 55.3. The van der Waals surface area contributed by atoms with Crippen molar-refractivity contribution in [3.05, 3.63) is 60.8 Å². The van der Waals surface area contributed by atoms with E-state index >= 15 is 0 Å². The van der Waals surface area contributed by atoms with Crippen molar-refractivity contribution in [2.24, 2.45) is 0 Å². The predicted octanol–water partition coefficient (Wildman–Crippen LogP) is 18.2. The molecule has 0 aliphatic rings. The third-order valence-corrected chi connectivity index (χ3v) is 16.1. The van der Waals surface area contributed by atoms with E-state index in [-0.39, 0.29) is 19.3 Å². The second-order valence-corrected chi connectivity index (χ2v) is 25.5. The molecular weight excluding hydrogens is 1120 g/mol. The molecule has 0 heterocycles. The lowest BCUT2D eigenvalue weighted by molar-refractivity contribution is -0.161. The van der Waals surface area contributed by atoms with Crippen molar-refractivity contribution in [3.8, 4) is 0 Å². The molecule has 0 rings (SSSR count). The SMILES string of the molecule is CCCCC/C=C\C/C=C\C/C=C\CCCCCCCCC(=O)OCC(O)COP(=O)(O)OCC(O)COP(=O)(O)OCC(COC(=O)CCCCCCC/C=C\C/C=C\CCCCC)OC(=O)CCCCCCCCCCCCCCCCC. The van der Waals surface area contributed by atoms with Crippen LogP contribution in [0, 0.1) is 0 Å². The molecule has 0 aliphatic heterocycles. The first kappa shape index (κ1) is 82.2. The minimum absolute atomic E-state index is 0.107. The Balaban J connectivity index is 4.66. The molecule has 496 valence electrons. The fourth-order valence-corrected chi connectivity index (χ4v) is 10.6. The molecule has 0 amide bonds. The van der Waals surface area contributed by atoms with Crippen LogP contribution in [0.5, 0.6) is 0 Å². The molecule has 0 aromatic heterocycles. The van der Waals surface area contributed by atoms with E-state index in [1.54, 1.807) is 0 Å². The fraction of sp³-hybridized carbons (Fsp3) is 0.806. The number of phosphoric ester groups is 2. The lowest BCUT2D eigenvalue weighted by Crippen LogP contribution is -2.30. The van der Waals surface area contributed by atoms with Gasteiger partial charge in [-0.25, -0.2) is 9.13 Å². The molecule has 0 aromatic carbocycles. The highest BCUT2D eigenvalue weighted by Gasteiger charge is 2.29. The van der Waals surface area contributed by atoms with Gasteiger partial charge >= 0.3 is 33.6 Å². The molecule has 0 aromatic rings. The molecule has 5 unspecified atom stereocenters. The standard InChI is InChI=1S/C67H122O16P2/c1-4-7-10-13-16-19-22-25-28-29-30-31-34-36-38-41-44-47-50-53-65(70)77-56-62(68)57-79-84(73,74)80-58-63(69)59-81-85(75,76)82-61-64(83-67(72)55-52-49-46-43-40-37-33-27-24-21-18-15-12-9-6-3)60-78-66(71)54-51-48-45-42-39-35-32-26-23-20-17-14-11-8-5-2/h16-17,19-20,25-26,28,30-32,62-64,68-69H,4-15,18,21-24,27,29,33-61H2,1-3H3,(H,73,74)(H,75,76)/b19-16-,20-17-,28-25-,31-30-,32-26-. The zero-order valence-electron chi connectivity index (χ0n) is 53.5. The number of ether oxygens (including phenoxy) is 3. The lowest BCUT2D eigenvalue weighted by Gasteiger charge is -2.21. The third-order valence-electron chi connectivity index (χ3n) is 14.2. The Bertz CT molecular complexity index is 1800. The second-order valence-electron chi connectivity index (χ2n) is 22.6. The molecule has 4 N–H and O–H groups in total. The van der Waals surface area contributed by atoms with Gasteiger partial charge < -0.3 is 34.2 Å². The van der Waals surface area contributed by atoms with Gasteiger partial charge in [-0.1, -0.05) is 242 Å². The quantitative estimate of drug-likeness (QED) is 0.0146. The summed E-state index contributed by atoms with van der Waals surface area (Å²) in [7, 11) is -9.77. The van der Waals surface area contributed by atoms with Crippen molar-refractivity contribution in [1.29, 1.82) is 0 Å². The van der Waals surface area contributed by atoms with Gasteiger partial charge in [0, 0.05) is 19.3 Å². The van der Waals surface area contributed by atoms with E-state index in [4.69, 9.17) is 32.3 Å². The number of hydrogen-bond acceptors (Lipinski definition) is 14. The van der Waals surface area contributed by atoms with Gasteiger partial charge in [0.25, 0.3) is 0 Å². The van der Waals surface area contributed by atoms with E-state index in [0.29, 0.717) is 19.3 Å². The van der Waals surface area contributed by atoms with Crippen molar-refractivity contribution < 1.29 is 75.8 Å². The molecule has 0 bridgehead atoms. The number of unbranched alkanes of at least 4 members (excludes halogenated alkanes) is 31. The van der Waals surface area contributed by atoms with Crippen LogP contribution in [0.3, 0.4) is 0 Å². The van der Waals surface area contributed by atoms with Gasteiger partial charge in [0.2, 0.25) is 0 Å². The Morgan fingerprint density at radius 3 is 0.953 bits per heavy atom. The number of allylic oxidation sites excluding steroid dienone is 10. The molecule has 0 radical (unpaired) electrons. The number of carbonyl (C=O) groups is 3. The average molecular weight is 1250 g/mol. The molecule has 0 saturated heterocycles. The number of esters is 3. The van der Waals surface area contributed by atoms with Crippen LogP contribution >= 0.6 is 15.6 Å². The monoisotopic (exact) mass is 1240 g/mol. The summed E-state index contributed by atoms with van der Waals surface area (Å²) in [5, 5.41) is 20.5. The highest BCUT2D eigenvalue weighted by atomic mass is 31.2. The molecule has 0 spiro atoms. The molecule has 0 saturated carbocycles. The maximum absolute atomic E-state index is 12.9. The van der Waals surface area contributed by atoms with E-state index < -0.39 is 91.5 Å². The van der Waals surface area contributed by atoms with Crippen molar-refractivity contribution >= 4 is 33.6 Å². The summed E-state index contributed by atoms with van der Waals surface area (Å²) >= 11 is 0. The molecule has 85 heavy (non-hydrogen) atoms. The van der Waals surface area contributed by atoms with Crippen molar-refractivity contribution in [2.45, 2.75) is 309 Å². The number of hydrogen-bond donors (Lipinski definition) is 4. The van der Waals surface area contributed by atoms with Crippen LogP contribution in [0.4, 0.5) is 0 Å². The summed E-state index contributed by atoms with van der Waals surface area (Å²) in [6, 6.07) is 0. The predicted molar refractivity (Wildman–Crippen MR) is 344 cm³/mol. The Morgan fingerprint density at radius 2 is 0.588 bits per heavy atom. The summed E-state index contributed by atoms with van der Waals surface area (Å²) in [5.41, 5.74) is 0. The summed E-state index contributed by atoms with van der Waals surface area (Å²) in [6.07, 6.45) is 61.2. The Kier molecular flexibility index (Phi) is 59.5. The molecule has 5 atom stereocenters. The first-order chi connectivity index (χ1) is 41.2. The zero-order chi connectivity index (χ0) is 62.4. The van der Waals surface area contributed by atoms with Gasteiger partial charge in [0.1, 0.15) is 25.4 Å². The smallest absolute Gasteiger partial charge is 0.463 e. The summed E-state index contributed by atoms with van der Waals surface area (Å²) in [6.45, 7) is 2.61. The molecular formula is C67H122O16P2. The summed E-state index contributed by atoms with van der Waals surface area (Å²) in [4.78, 5) is 58.3. The molecule has 18 heteroatoms. The fourth-order valence-electron chi connectivity index (χ4n) is 9.02. The van der Waals surface area contributed by atoms with Crippen LogP contribution in [-0.4, -0.2) is 95.9 Å². The maximum atomic E-state index is 12.9. The van der Waals surface area contributed by atoms with E-state index in [2.05, 4.69) is 81.5 Å². The summed E-state index contributed by atoms with van der Waals surface area (Å²) in [5.74, 6) is -1.59. The normalized spacial score (nSPS) is 14.7. The van der Waals surface area contributed by atoms with Gasteiger partial charge in [-0.2, -0.15) is 0 Å². The van der Waals surface area contributed by atoms with Crippen LogP contribution in [-0.2, 0) is 55.8 Å². The first-order valence-corrected chi connectivity index (χ1v) is 36.6.